The Hall–Kier alpha value is -1.55. The third-order valence-corrected chi connectivity index (χ3v) is 2.82. The number of hydrogen-bond donors (Lipinski definition) is 2. The van der Waals surface area contributed by atoms with E-state index in [0.29, 0.717) is 6.61 Å². The van der Waals surface area contributed by atoms with Gasteiger partial charge < -0.3 is 15.4 Å². The predicted octanol–water partition coefficient (Wildman–Crippen LogP) is 1.18. The highest BCUT2D eigenvalue weighted by molar-refractivity contribution is 5.77. The fourth-order valence-electron chi connectivity index (χ4n) is 2.01. The van der Waals surface area contributed by atoms with Crippen molar-refractivity contribution in [2.75, 3.05) is 25.1 Å². The predicted molar refractivity (Wildman–Crippen MR) is 67.1 cm³/mol. The fourth-order valence-corrected chi connectivity index (χ4v) is 2.01. The van der Waals surface area contributed by atoms with E-state index in [1.165, 1.54) is 11.3 Å². The SMILES string of the molecule is CCOCC(=O)NC1CNc2ccccc2C1. The van der Waals surface area contributed by atoms with Gasteiger partial charge in [-0.25, -0.2) is 0 Å². The van der Waals surface area contributed by atoms with Gasteiger partial charge >= 0.3 is 0 Å². The molecule has 1 aromatic rings. The molecule has 1 aromatic carbocycles. The van der Waals surface area contributed by atoms with E-state index in [1.54, 1.807) is 0 Å². The molecule has 0 fully saturated rings. The maximum atomic E-state index is 11.5. The molecule has 17 heavy (non-hydrogen) atoms. The molecule has 1 atom stereocenters. The summed E-state index contributed by atoms with van der Waals surface area (Å²) in [7, 11) is 0. The Kier molecular flexibility index (Phi) is 3.98. The van der Waals surface area contributed by atoms with Crippen LogP contribution in [0.3, 0.4) is 0 Å². The Morgan fingerprint density at radius 2 is 2.35 bits per heavy atom. The summed E-state index contributed by atoms with van der Waals surface area (Å²) in [4.78, 5) is 11.5. The van der Waals surface area contributed by atoms with Gasteiger partial charge in [0.05, 0.1) is 6.04 Å². The largest absolute Gasteiger partial charge is 0.383 e. The molecule has 1 unspecified atom stereocenters. The van der Waals surface area contributed by atoms with Crippen LogP contribution in [0.5, 0.6) is 0 Å². The molecule has 0 saturated heterocycles. The average molecular weight is 234 g/mol. The smallest absolute Gasteiger partial charge is 0.246 e. The molecule has 1 heterocycles. The molecule has 4 nitrogen and oxygen atoms in total. The number of ether oxygens (including phenoxy) is 1. The number of carbonyl (C=O) groups is 1. The lowest BCUT2D eigenvalue weighted by Gasteiger charge is -2.26. The van der Waals surface area contributed by atoms with Crippen molar-refractivity contribution in [1.82, 2.24) is 5.32 Å². The number of hydrogen-bond acceptors (Lipinski definition) is 3. The molecule has 0 aliphatic carbocycles. The third kappa shape index (κ3) is 3.20. The topological polar surface area (TPSA) is 50.4 Å². The fraction of sp³-hybridized carbons (Fsp3) is 0.462. The first-order chi connectivity index (χ1) is 8.29. The zero-order valence-electron chi connectivity index (χ0n) is 10.0. The first-order valence-electron chi connectivity index (χ1n) is 5.98. The Bertz CT molecular complexity index is 393. The van der Waals surface area contributed by atoms with Gasteiger partial charge in [-0.1, -0.05) is 18.2 Å². The average Bonchev–Trinajstić information content (AvgIpc) is 2.36. The van der Waals surface area contributed by atoms with Crippen LogP contribution in [0, 0.1) is 0 Å². The number of anilines is 1. The minimum atomic E-state index is -0.0435. The summed E-state index contributed by atoms with van der Waals surface area (Å²) >= 11 is 0. The zero-order chi connectivity index (χ0) is 12.1. The van der Waals surface area contributed by atoms with E-state index in [9.17, 15) is 4.79 Å². The van der Waals surface area contributed by atoms with E-state index in [0.717, 1.165) is 13.0 Å². The van der Waals surface area contributed by atoms with E-state index in [2.05, 4.69) is 22.8 Å². The molecule has 4 heteroatoms. The third-order valence-electron chi connectivity index (χ3n) is 2.82. The molecule has 1 aliphatic heterocycles. The van der Waals surface area contributed by atoms with Crippen molar-refractivity contribution < 1.29 is 9.53 Å². The summed E-state index contributed by atoms with van der Waals surface area (Å²) < 4.78 is 5.07. The molecule has 0 bridgehead atoms. The molecule has 0 radical (unpaired) electrons. The molecule has 0 spiro atoms. The van der Waals surface area contributed by atoms with Gasteiger partial charge in [0.1, 0.15) is 6.61 Å². The maximum absolute atomic E-state index is 11.5. The van der Waals surface area contributed by atoms with Gasteiger partial charge in [-0.2, -0.15) is 0 Å². The first kappa shape index (κ1) is 11.9. The van der Waals surface area contributed by atoms with Crippen LogP contribution in [0.4, 0.5) is 5.69 Å². The number of amides is 1. The molecular weight excluding hydrogens is 216 g/mol. The molecule has 1 amide bonds. The van der Waals surface area contributed by atoms with Gasteiger partial charge in [0, 0.05) is 18.8 Å². The molecule has 2 N–H and O–H groups in total. The van der Waals surface area contributed by atoms with Crippen molar-refractivity contribution in [2.45, 2.75) is 19.4 Å². The van der Waals surface area contributed by atoms with Gasteiger partial charge in [-0.05, 0) is 25.0 Å². The molecule has 0 aromatic heterocycles. The number of fused-ring (bicyclic) bond motifs is 1. The molecule has 92 valence electrons. The summed E-state index contributed by atoms with van der Waals surface area (Å²) in [5, 5.41) is 6.29. The first-order valence-corrected chi connectivity index (χ1v) is 5.98. The van der Waals surface area contributed by atoms with Gasteiger partial charge in [-0.3, -0.25) is 4.79 Å². The lowest BCUT2D eigenvalue weighted by atomic mass is 10.00. The summed E-state index contributed by atoms with van der Waals surface area (Å²) in [5.74, 6) is -0.0435. The molecular formula is C13H18N2O2. The van der Waals surface area contributed by atoms with E-state index in [4.69, 9.17) is 4.74 Å². The van der Waals surface area contributed by atoms with Crippen molar-refractivity contribution >= 4 is 11.6 Å². The Morgan fingerprint density at radius 1 is 1.53 bits per heavy atom. The number of nitrogens with one attached hydrogen (secondary N) is 2. The zero-order valence-corrected chi connectivity index (χ0v) is 10.0. The molecule has 0 saturated carbocycles. The van der Waals surface area contributed by atoms with Crippen molar-refractivity contribution in [3.63, 3.8) is 0 Å². The van der Waals surface area contributed by atoms with Crippen LogP contribution in [-0.4, -0.2) is 31.7 Å². The number of rotatable bonds is 4. The van der Waals surface area contributed by atoms with E-state index in [1.807, 2.05) is 19.1 Å². The van der Waals surface area contributed by atoms with Crippen molar-refractivity contribution in [3.05, 3.63) is 29.8 Å². The maximum Gasteiger partial charge on any atom is 0.246 e. The monoisotopic (exact) mass is 234 g/mol. The highest BCUT2D eigenvalue weighted by atomic mass is 16.5. The molecule has 1 aliphatic rings. The highest BCUT2D eigenvalue weighted by Crippen LogP contribution is 2.20. The van der Waals surface area contributed by atoms with Gasteiger partial charge in [0.15, 0.2) is 0 Å². The Morgan fingerprint density at radius 3 is 3.18 bits per heavy atom. The van der Waals surface area contributed by atoms with Crippen LogP contribution >= 0.6 is 0 Å². The van der Waals surface area contributed by atoms with E-state index < -0.39 is 0 Å². The quantitative estimate of drug-likeness (QED) is 0.822. The second-order valence-electron chi connectivity index (χ2n) is 4.14. The number of benzene rings is 1. The van der Waals surface area contributed by atoms with Crippen LogP contribution in [0.1, 0.15) is 12.5 Å². The van der Waals surface area contributed by atoms with Crippen LogP contribution in [0.2, 0.25) is 0 Å². The van der Waals surface area contributed by atoms with Crippen molar-refractivity contribution in [2.24, 2.45) is 0 Å². The molecule has 2 rings (SSSR count). The second-order valence-corrected chi connectivity index (χ2v) is 4.14. The van der Waals surface area contributed by atoms with E-state index in [-0.39, 0.29) is 18.6 Å². The van der Waals surface area contributed by atoms with Gasteiger partial charge in [0.2, 0.25) is 5.91 Å². The summed E-state index contributed by atoms with van der Waals surface area (Å²) in [6.45, 7) is 3.37. The van der Waals surface area contributed by atoms with Crippen LogP contribution in [0.15, 0.2) is 24.3 Å². The second kappa shape index (κ2) is 5.68. The van der Waals surface area contributed by atoms with E-state index >= 15 is 0 Å². The van der Waals surface area contributed by atoms with Crippen molar-refractivity contribution in [1.29, 1.82) is 0 Å². The highest BCUT2D eigenvalue weighted by Gasteiger charge is 2.19. The lowest BCUT2D eigenvalue weighted by molar-refractivity contribution is -0.126. The summed E-state index contributed by atoms with van der Waals surface area (Å²) in [6.07, 6.45) is 0.876. The van der Waals surface area contributed by atoms with Crippen molar-refractivity contribution in [3.8, 4) is 0 Å². The Labute approximate surface area is 101 Å². The van der Waals surface area contributed by atoms with Crippen LogP contribution in [0.25, 0.3) is 0 Å². The van der Waals surface area contributed by atoms with Gasteiger partial charge in [0.25, 0.3) is 0 Å². The lowest BCUT2D eigenvalue weighted by Crippen LogP contribution is -2.44. The minimum absolute atomic E-state index is 0.0435. The van der Waals surface area contributed by atoms with Crippen LogP contribution < -0.4 is 10.6 Å². The normalized spacial score (nSPS) is 18.1. The minimum Gasteiger partial charge on any atom is -0.383 e. The number of carbonyl (C=O) groups excluding carboxylic acids is 1. The number of para-hydroxylation sites is 1. The Balaban J connectivity index is 1.88. The van der Waals surface area contributed by atoms with Gasteiger partial charge in [-0.15, -0.1) is 0 Å². The summed E-state index contributed by atoms with van der Waals surface area (Å²) in [6, 6.07) is 8.33. The van der Waals surface area contributed by atoms with Crippen LogP contribution in [-0.2, 0) is 16.0 Å². The standard InChI is InChI=1S/C13H18N2O2/c1-2-17-9-13(16)15-11-7-10-5-3-4-6-12(10)14-8-11/h3-6,11,14H,2,7-9H2,1H3,(H,15,16). The summed E-state index contributed by atoms with van der Waals surface area (Å²) in [5.41, 5.74) is 2.42.